The number of carboxylic acids is 1. The van der Waals surface area contributed by atoms with Crippen LogP contribution in [-0.4, -0.2) is 187 Å². The molecule has 0 spiro atoms. The van der Waals surface area contributed by atoms with Crippen LogP contribution in [0.15, 0.2) is 89.4 Å². The Labute approximate surface area is 601 Å². The topological polar surface area (TPSA) is 288 Å². The molecule has 23 nitrogen and oxygen atoms in total. The van der Waals surface area contributed by atoms with Crippen molar-refractivity contribution in [2.45, 2.75) is 157 Å². The second-order valence-corrected chi connectivity index (χ2v) is 28.7. The quantitative estimate of drug-likeness (QED) is 0.0740. The summed E-state index contributed by atoms with van der Waals surface area (Å²) in [7, 11) is 6.34. The van der Waals surface area contributed by atoms with E-state index in [0.29, 0.717) is 93.8 Å². The van der Waals surface area contributed by atoms with Gasteiger partial charge in [0, 0.05) is 104 Å². The highest BCUT2D eigenvalue weighted by Crippen LogP contribution is 2.30. The first kappa shape index (κ1) is 87.6. The Morgan fingerprint density at radius 2 is 0.869 bits per heavy atom. The number of terminal acetylenes is 1. The summed E-state index contributed by atoms with van der Waals surface area (Å²) in [6.07, 6.45) is 11.6. The number of halogens is 3. The number of aliphatic imine (C=N–C) groups is 1. The van der Waals surface area contributed by atoms with Crippen LogP contribution >= 0.6 is 34.8 Å². The van der Waals surface area contributed by atoms with E-state index in [1.54, 1.807) is 72.3 Å². The Hall–Kier alpha value is -7.45. The van der Waals surface area contributed by atoms with E-state index in [-0.39, 0.29) is 53.8 Å². The van der Waals surface area contributed by atoms with Crippen LogP contribution in [0, 0.1) is 47.9 Å². The lowest BCUT2D eigenvalue weighted by atomic mass is 9.89. The summed E-state index contributed by atoms with van der Waals surface area (Å²) in [6.45, 7) is 27.5. The molecular formula is C73H106Cl3N9O14. The zero-order chi connectivity index (χ0) is 74.8. The molecule has 548 valence electrons. The van der Waals surface area contributed by atoms with Gasteiger partial charge in [-0.15, -0.1) is 6.42 Å². The average Bonchev–Trinajstić information content (AvgIpc) is 1.73. The van der Waals surface area contributed by atoms with Gasteiger partial charge >= 0.3 is 30.3 Å². The highest BCUT2D eigenvalue weighted by atomic mass is 35.5. The number of carboxylic acid groups (broad SMARTS) is 1. The Balaban J connectivity index is 0.000000423. The van der Waals surface area contributed by atoms with Crippen LogP contribution in [0.2, 0.25) is 15.1 Å². The second kappa shape index (κ2) is 43.3. The predicted molar refractivity (Wildman–Crippen MR) is 388 cm³/mol. The average molecular weight is 1440 g/mol. The summed E-state index contributed by atoms with van der Waals surface area (Å²) in [4.78, 5) is 103. The summed E-state index contributed by atoms with van der Waals surface area (Å²) in [5.74, 6) is 15.2. The monoisotopic (exact) mass is 1440 g/mol. The molecule has 4 saturated heterocycles. The molecule has 0 radical (unpaired) electrons. The first-order valence-electron chi connectivity index (χ1n) is 32.9. The van der Waals surface area contributed by atoms with E-state index >= 15 is 0 Å². The molecule has 0 unspecified atom stereocenters. The minimum Gasteiger partial charge on any atom is -0.481 e. The number of nitrogens with zero attached hydrogens (tertiary/aromatic N) is 6. The highest BCUT2D eigenvalue weighted by molar-refractivity contribution is 6.31. The van der Waals surface area contributed by atoms with E-state index in [9.17, 15) is 33.6 Å². The third kappa shape index (κ3) is 35.4. The highest BCUT2D eigenvalue weighted by Gasteiger charge is 2.34. The maximum atomic E-state index is 12.2. The minimum absolute atomic E-state index is 0.0358. The molecule has 0 aliphatic carbocycles. The van der Waals surface area contributed by atoms with Crippen molar-refractivity contribution in [2.75, 3.05) is 87.2 Å². The number of Topliss-reactive ketones (excluding diaryl/α,β-unsaturated/α-hetero) is 1. The van der Waals surface area contributed by atoms with Gasteiger partial charge in [-0.3, -0.25) is 35.9 Å². The number of likely N-dealkylation sites (tertiary alicyclic amines) is 4. The molecule has 6 N–H and O–H groups in total. The number of hydrogen-bond acceptors (Lipinski definition) is 17. The Kier molecular flexibility index (Phi) is 38.3. The van der Waals surface area contributed by atoms with Crippen molar-refractivity contribution in [3.05, 3.63) is 116 Å². The van der Waals surface area contributed by atoms with Crippen molar-refractivity contribution in [1.82, 2.24) is 30.1 Å². The summed E-state index contributed by atoms with van der Waals surface area (Å²) < 4.78 is 21.3. The number of hydroxylamine groups is 3. The SMILES string of the molecule is C#Cc1ccc(Cl)cc1.CC(C)(C)OC(=O)N1CCC(C(=O)C#Cc2ccc(Cl)cc2)CC1.CC(C)(C)OC(=O)N1CCC(C(=O)O)CC1.CC(C)(C)OC(=O)N1CCC(C2=CC(c3ccc(Cl)cc3)=NC2)CC1.CNOC.CON(C)C(=O)C1CCN(C(=O)OC(C)(C)C)CC1.NN. The van der Waals surface area contributed by atoms with Crippen LogP contribution in [0.25, 0.3) is 0 Å². The third-order valence-electron chi connectivity index (χ3n) is 15.0. The van der Waals surface area contributed by atoms with Gasteiger partial charge < -0.3 is 48.5 Å². The fourth-order valence-corrected chi connectivity index (χ4v) is 10.2. The lowest BCUT2D eigenvalue weighted by Gasteiger charge is -2.33. The first-order chi connectivity index (χ1) is 46.3. The Morgan fingerprint density at radius 1 is 0.545 bits per heavy atom. The van der Waals surface area contributed by atoms with Gasteiger partial charge in [0.2, 0.25) is 11.7 Å². The van der Waals surface area contributed by atoms with Crippen LogP contribution in [-0.2, 0) is 43.0 Å². The van der Waals surface area contributed by atoms with Gasteiger partial charge in [-0.25, -0.2) is 29.7 Å². The number of amides is 5. The van der Waals surface area contributed by atoms with Gasteiger partial charge in [0.25, 0.3) is 0 Å². The van der Waals surface area contributed by atoms with Gasteiger partial charge in [-0.1, -0.05) is 58.8 Å². The standard InChI is InChI=1S/C20H25ClN2O2.C19H22ClNO3.C13H24N2O4.C11H19NO4.C8H5Cl.C2H7NO.H4N2/c1-20(2,3)25-19(24)23-10-8-14(9-11-23)16-12-18(22-13-16)15-4-6-17(21)7-5-15;1-19(2,3)24-18(23)21-12-10-15(11-13-21)17(22)9-6-14-4-7-16(20)8-5-14;1-13(2,3)19-12(17)15-8-6-10(7-9-15)11(16)14(4)18-5;1-11(2,3)16-10(15)12-6-4-8(5-7-12)9(13)14;1-2-7-3-5-8(9)6-4-7;1-3-4-2;1-2/h4-7,12,14H,8-11,13H2,1-3H3;4-5,7-8,15H,10-13H2,1-3H3;10H,6-9H2,1-5H3;8H,4-7H2,1-3H3,(H,13,14);1,3-6H;3H,1-2H3;1-2H2. The van der Waals surface area contributed by atoms with Gasteiger partial charge in [0.05, 0.1) is 32.4 Å². The number of nitrogens with two attached hydrogens (primary N) is 2. The maximum Gasteiger partial charge on any atom is 0.410 e. The molecule has 99 heavy (non-hydrogen) atoms. The molecule has 0 bridgehead atoms. The summed E-state index contributed by atoms with van der Waals surface area (Å²) in [5.41, 5.74) is 5.62. The maximum absolute atomic E-state index is 12.2. The van der Waals surface area contributed by atoms with Crippen LogP contribution < -0.4 is 17.2 Å². The molecule has 3 aromatic rings. The first-order valence-corrected chi connectivity index (χ1v) is 34.0. The Morgan fingerprint density at radius 3 is 1.19 bits per heavy atom. The van der Waals surface area contributed by atoms with Gasteiger partial charge in [-0.2, -0.15) is 0 Å². The molecule has 8 rings (SSSR count). The van der Waals surface area contributed by atoms with E-state index in [1.807, 2.05) is 124 Å². The lowest BCUT2D eigenvalue weighted by molar-refractivity contribution is -0.174. The number of nitrogens with one attached hydrogen (secondary N) is 1. The number of allylic oxidation sites excluding steroid dienone is 1. The van der Waals surface area contributed by atoms with Gasteiger partial charge in [0.15, 0.2) is 0 Å². The second-order valence-electron chi connectivity index (χ2n) is 27.4. The number of ketones is 1. The van der Waals surface area contributed by atoms with Gasteiger partial charge in [0.1, 0.15) is 22.4 Å². The van der Waals surface area contributed by atoms with Crippen molar-refractivity contribution >= 4 is 82.5 Å². The van der Waals surface area contributed by atoms with Crippen LogP contribution in [0.4, 0.5) is 19.2 Å². The number of piperidine rings is 4. The molecule has 5 amide bonds. The number of aliphatic carboxylic acids is 1. The molecule has 3 aromatic carbocycles. The molecule has 5 aliphatic rings. The van der Waals surface area contributed by atoms with E-state index in [4.69, 9.17) is 70.1 Å². The molecule has 0 saturated carbocycles. The summed E-state index contributed by atoms with van der Waals surface area (Å²) in [5, 5.41) is 12.2. The minimum atomic E-state index is -0.774. The van der Waals surface area contributed by atoms with Crippen LogP contribution in [0.3, 0.4) is 0 Å². The molecular weight excluding hydrogens is 1330 g/mol. The van der Waals surface area contributed by atoms with E-state index < -0.39 is 28.4 Å². The fourth-order valence-electron chi connectivity index (χ4n) is 9.83. The smallest absolute Gasteiger partial charge is 0.410 e. The fraction of sp³-hybridized carbons (Fsp3) is 0.562. The molecule has 5 heterocycles. The van der Waals surface area contributed by atoms with Crippen LogP contribution in [0.5, 0.6) is 0 Å². The number of rotatable bonds is 7. The van der Waals surface area contributed by atoms with Crippen molar-refractivity contribution in [1.29, 1.82) is 0 Å². The molecule has 0 atom stereocenters. The van der Waals surface area contributed by atoms with E-state index in [1.165, 1.54) is 17.7 Å². The van der Waals surface area contributed by atoms with Gasteiger partial charge in [-0.05, 0) is 224 Å². The van der Waals surface area contributed by atoms with Crippen molar-refractivity contribution in [3.8, 4) is 24.2 Å². The zero-order valence-electron chi connectivity index (χ0n) is 60.6. The van der Waals surface area contributed by atoms with E-state index in [2.05, 4.69) is 50.8 Å². The number of carbonyl (C=O) groups excluding carboxylic acids is 6. The number of benzene rings is 3. The largest absolute Gasteiger partial charge is 0.481 e. The van der Waals surface area contributed by atoms with Crippen molar-refractivity contribution < 1.29 is 67.3 Å². The third-order valence-corrected chi connectivity index (χ3v) is 15.8. The Bertz CT molecular complexity index is 3180. The van der Waals surface area contributed by atoms with Crippen molar-refractivity contribution in [2.24, 2.45) is 40.3 Å². The molecule has 0 aromatic heterocycles. The number of carbonyl (C=O) groups is 7. The van der Waals surface area contributed by atoms with E-state index in [0.717, 1.165) is 59.9 Å². The number of ether oxygens (including phenoxy) is 4. The van der Waals surface area contributed by atoms with Crippen molar-refractivity contribution in [3.63, 3.8) is 0 Å². The zero-order valence-corrected chi connectivity index (χ0v) is 62.9. The molecule has 5 aliphatic heterocycles. The molecule has 4 fully saturated rings. The lowest BCUT2D eigenvalue weighted by Crippen LogP contribution is -2.45. The summed E-state index contributed by atoms with van der Waals surface area (Å²) in [6, 6.07) is 22.0. The summed E-state index contributed by atoms with van der Waals surface area (Å²) >= 11 is 17.4. The number of hydrazine groups is 1. The molecule has 26 heteroatoms. The predicted octanol–water partition coefficient (Wildman–Crippen LogP) is 12.9. The number of hydrogen-bond donors (Lipinski definition) is 4. The normalized spacial score (nSPS) is 15.9. The van der Waals surface area contributed by atoms with Crippen LogP contribution in [0.1, 0.15) is 151 Å².